The number of allylic oxidation sites excluding steroid dienone is 1. The van der Waals surface area contributed by atoms with Crippen molar-refractivity contribution in [2.45, 2.75) is 0 Å². The molecular weight excluding hydrogens is 274 g/mol. The second kappa shape index (κ2) is 19.0. The molecular formula is C15H17NO5. The molecule has 1 aromatic carbocycles. The monoisotopic (exact) mass is 291 g/mol. The first-order valence-corrected chi connectivity index (χ1v) is 5.30. The second-order valence-corrected chi connectivity index (χ2v) is 2.77. The summed E-state index contributed by atoms with van der Waals surface area (Å²) in [6.07, 6.45) is 2.01. The molecule has 6 nitrogen and oxygen atoms in total. The molecule has 1 aromatic rings. The third kappa shape index (κ3) is 38.4. The molecule has 0 spiro atoms. The van der Waals surface area contributed by atoms with Crippen molar-refractivity contribution in [2.75, 3.05) is 0 Å². The van der Waals surface area contributed by atoms with Crippen LogP contribution in [0.2, 0.25) is 0 Å². The maximum atomic E-state index is 9.25. The van der Waals surface area contributed by atoms with Crippen molar-refractivity contribution in [2.24, 2.45) is 0 Å². The molecule has 6 heteroatoms. The van der Waals surface area contributed by atoms with Gasteiger partial charge >= 0.3 is 12.1 Å². The molecule has 0 amide bonds. The summed E-state index contributed by atoms with van der Waals surface area (Å²) in [4.78, 5) is 17.8. The average Bonchev–Trinajstić information content (AvgIpc) is 2.48. The molecule has 0 radical (unpaired) electrons. The Balaban J connectivity index is -0.000000219. The van der Waals surface area contributed by atoms with E-state index in [1.165, 1.54) is 11.6 Å². The van der Waals surface area contributed by atoms with Gasteiger partial charge in [-0.3, -0.25) is 0 Å². The van der Waals surface area contributed by atoms with Crippen LogP contribution in [0.3, 0.4) is 0 Å². The number of hydrogen-bond acceptors (Lipinski definition) is 3. The van der Waals surface area contributed by atoms with Gasteiger partial charge in [-0.1, -0.05) is 56.1 Å². The van der Waals surface area contributed by atoms with E-state index < -0.39 is 12.1 Å². The SMILES string of the molecule is C=CC#N.C=CC(=O)O.C=Cc1ccccc1.O=C(O)O. The summed E-state index contributed by atoms with van der Waals surface area (Å²) in [6.45, 7) is 9.71. The lowest BCUT2D eigenvalue weighted by molar-refractivity contribution is -0.131. The van der Waals surface area contributed by atoms with E-state index in [0.29, 0.717) is 0 Å². The fourth-order valence-corrected chi connectivity index (χ4v) is 0.589. The Kier molecular flexibility index (Phi) is 20.7. The fourth-order valence-electron chi connectivity index (χ4n) is 0.589. The number of carboxylic acid groups (broad SMARTS) is 3. The molecule has 3 N–H and O–H groups in total. The van der Waals surface area contributed by atoms with Crippen molar-refractivity contribution in [3.8, 4) is 6.07 Å². The molecule has 21 heavy (non-hydrogen) atoms. The van der Waals surface area contributed by atoms with Crippen LogP contribution in [0, 0.1) is 11.3 Å². The number of hydrogen-bond donors (Lipinski definition) is 3. The number of carbonyl (C=O) groups is 2. The molecule has 0 heterocycles. The summed E-state index contributed by atoms with van der Waals surface area (Å²) < 4.78 is 0. The largest absolute Gasteiger partial charge is 0.503 e. The van der Waals surface area contributed by atoms with Crippen LogP contribution in [-0.2, 0) is 4.79 Å². The van der Waals surface area contributed by atoms with Crippen molar-refractivity contribution < 1.29 is 24.9 Å². The first-order valence-electron chi connectivity index (χ1n) is 5.30. The molecule has 0 fully saturated rings. The lowest BCUT2D eigenvalue weighted by atomic mass is 10.2. The number of rotatable bonds is 2. The van der Waals surface area contributed by atoms with Gasteiger partial charge in [-0.05, 0) is 5.56 Å². The van der Waals surface area contributed by atoms with Gasteiger partial charge in [-0.25, -0.2) is 9.59 Å². The van der Waals surface area contributed by atoms with Gasteiger partial charge in [0.15, 0.2) is 0 Å². The number of carboxylic acids is 1. The van der Waals surface area contributed by atoms with E-state index in [-0.39, 0.29) is 0 Å². The zero-order valence-corrected chi connectivity index (χ0v) is 11.3. The molecule has 1 rings (SSSR count). The van der Waals surface area contributed by atoms with Crippen LogP contribution in [0.5, 0.6) is 0 Å². The van der Waals surface area contributed by atoms with E-state index in [0.717, 1.165) is 6.08 Å². The van der Waals surface area contributed by atoms with Gasteiger partial charge in [-0.2, -0.15) is 5.26 Å². The van der Waals surface area contributed by atoms with Crippen molar-refractivity contribution in [1.82, 2.24) is 0 Å². The second-order valence-electron chi connectivity index (χ2n) is 2.77. The zero-order valence-electron chi connectivity index (χ0n) is 11.3. The summed E-state index contributed by atoms with van der Waals surface area (Å²) in [5.41, 5.74) is 1.17. The van der Waals surface area contributed by atoms with Crippen molar-refractivity contribution in [3.05, 3.63) is 67.8 Å². The molecule has 0 atom stereocenters. The number of aliphatic carboxylic acids is 1. The number of benzene rings is 1. The van der Waals surface area contributed by atoms with Crippen molar-refractivity contribution in [3.63, 3.8) is 0 Å². The highest BCUT2D eigenvalue weighted by Crippen LogP contribution is 1.97. The van der Waals surface area contributed by atoms with Crippen molar-refractivity contribution in [1.29, 1.82) is 5.26 Å². The van der Waals surface area contributed by atoms with Crippen LogP contribution in [0.25, 0.3) is 6.08 Å². The Bertz CT molecular complexity index is 471. The maximum absolute atomic E-state index is 9.25. The van der Waals surface area contributed by atoms with Gasteiger partial charge in [-0.15, -0.1) is 0 Å². The Morgan fingerprint density at radius 1 is 1.05 bits per heavy atom. The van der Waals surface area contributed by atoms with Gasteiger partial charge in [0.05, 0.1) is 6.07 Å². The topological polar surface area (TPSA) is 119 Å². The zero-order chi connectivity index (χ0) is 17.1. The molecule has 0 saturated heterocycles. The standard InChI is InChI=1S/C8H8.C3H3N.C3H4O2.CH2O3/c1-2-8-6-4-3-5-7-8;1-2-3-4;1-2-3(4)5;2-1(3)4/h2-7H,1H2;2H,1H2;2H,1H2,(H,4,5);(H2,2,3,4). The third-order valence-electron chi connectivity index (χ3n) is 1.30. The molecule has 0 saturated carbocycles. The molecule has 112 valence electrons. The molecule has 0 aliphatic rings. The van der Waals surface area contributed by atoms with Gasteiger partial charge in [0.1, 0.15) is 0 Å². The van der Waals surface area contributed by atoms with Crippen LogP contribution >= 0.6 is 0 Å². The average molecular weight is 291 g/mol. The minimum atomic E-state index is -1.83. The Morgan fingerprint density at radius 3 is 1.52 bits per heavy atom. The summed E-state index contributed by atoms with van der Waals surface area (Å²) in [7, 11) is 0. The Labute approximate surface area is 123 Å². The van der Waals surface area contributed by atoms with E-state index in [9.17, 15) is 4.79 Å². The predicted octanol–water partition coefficient (Wildman–Crippen LogP) is 3.50. The van der Waals surface area contributed by atoms with Crippen LogP contribution in [0.4, 0.5) is 4.79 Å². The first-order chi connectivity index (χ1) is 9.85. The summed E-state index contributed by atoms with van der Waals surface area (Å²) >= 11 is 0. The first kappa shape index (κ1) is 22.8. The molecule has 0 aromatic heterocycles. The van der Waals surface area contributed by atoms with Crippen LogP contribution < -0.4 is 0 Å². The van der Waals surface area contributed by atoms with E-state index >= 15 is 0 Å². The number of nitriles is 1. The van der Waals surface area contributed by atoms with Gasteiger partial charge < -0.3 is 15.3 Å². The smallest absolute Gasteiger partial charge is 0.478 e. The minimum Gasteiger partial charge on any atom is -0.478 e. The number of nitrogens with zero attached hydrogens (tertiary/aromatic N) is 1. The fraction of sp³-hybridized carbons (Fsp3) is 0. The summed E-state index contributed by atoms with van der Waals surface area (Å²) in [6, 6.07) is 11.7. The van der Waals surface area contributed by atoms with Crippen molar-refractivity contribution >= 4 is 18.2 Å². The minimum absolute atomic E-state index is 0.833. The normalized spacial score (nSPS) is 6.62. The van der Waals surface area contributed by atoms with E-state index in [1.807, 2.05) is 36.4 Å². The molecule has 0 unspecified atom stereocenters. The van der Waals surface area contributed by atoms with E-state index in [2.05, 4.69) is 19.7 Å². The van der Waals surface area contributed by atoms with Crippen LogP contribution in [0.1, 0.15) is 5.56 Å². The highest BCUT2D eigenvalue weighted by Gasteiger charge is 1.76. The lowest BCUT2D eigenvalue weighted by Crippen LogP contribution is -1.82. The van der Waals surface area contributed by atoms with Crippen LogP contribution in [-0.4, -0.2) is 27.4 Å². The third-order valence-corrected chi connectivity index (χ3v) is 1.30. The van der Waals surface area contributed by atoms with Crippen LogP contribution in [0.15, 0.2) is 62.2 Å². The van der Waals surface area contributed by atoms with E-state index in [1.54, 1.807) is 6.07 Å². The van der Waals surface area contributed by atoms with Gasteiger partial charge in [0, 0.05) is 12.2 Å². The molecule has 0 aliphatic carbocycles. The quantitative estimate of drug-likeness (QED) is 0.566. The van der Waals surface area contributed by atoms with Gasteiger partial charge in [0.2, 0.25) is 0 Å². The van der Waals surface area contributed by atoms with Gasteiger partial charge in [0.25, 0.3) is 0 Å². The summed E-state index contributed by atoms with van der Waals surface area (Å²) in [5, 5.41) is 29.1. The highest BCUT2D eigenvalue weighted by molar-refractivity contribution is 5.78. The van der Waals surface area contributed by atoms with E-state index in [4.69, 9.17) is 25.4 Å². The maximum Gasteiger partial charge on any atom is 0.503 e. The highest BCUT2D eigenvalue weighted by atomic mass is 16.6. The molecule has 0 bridgehead atoms. The lowest BCUT2D eigenvalue weighted by Gasteiger charge is -1.85. The summed E-state index contributed by atoms with van der Waals surface area (Å²) in [5.74, 6) is -0.981. The predicted molar refractivity (Wildman–Crippen MR) is 80.8 cm³/mol. The Hall–Kier alpha value is -3.33. The Morgan fingerprint density at radius 2 is 1.38 bits per heavy atom. The molecule has 0 aliphatic heterocycles.